The molecular weight excluding hydrogens is 258 g/mol. The largest absolute Gasteiger partial charge is 0.389 e. The van der Waals surface area contributed by atoms with Gasteiger partial charge in [0.25, 0.3) is 0 Å². The predicted octanol–water partition coefficient (Wildman–Crippen LogP) is 2.50. The van der Waals surface area contributed by atoms with Crippen LogP contribution in [0.3, 0.4) is 0 Å². The fourth-order valence-electron chi connectivity index (χ4n) is 1.67. The molecule has 0 saturated heterocycles. The highest BCUT2D eigenvalue weighted by molar-refractivity contribution is 7.80. The van der Waals surface area contributed by atoms with E-state index in [-0.39, 0.29) is 0 Å². The molecule has 1 aromatic heterocycles. The van der Waals surface area contributed by atoms with Gasteiger partial charge in [0.2, 0.25) is 0 Å². The summed E-state index contributed by atoms with van der Waals surface area (Å²) < 4.78 is 5.54. The van der Waals surface area contributed by atoms with Crippen LogP contribution in [0.4, 0.5) is 5.82 Å². The summed E-state index contributed by atoms with van der Waals surface area (Å²) >= 11 is 5.05. The molecule has 3 N–H and O–H groups in total. The Balaban J connectivity index is 2.41. The Morgan fingerprint density at radius 2 is 2.21 bits per heavy atom. The van der Waals surface area contributed by atoms with E-state index in [9.17, 15) is 0 Å². The molecule has 0 aliphatic heterocycles. The molecule has 1 rings (SSSR count). The van der Waals surface area contributed by atoms with Gasteiger partial charge >= 0.3 is 0 Å². The van der Waals surface area contributed by atoms with E-state index in [2.05, 4.69) is 24.1 Å². The number of rotatable bonds is 8. The van der Waals surface area contributed by atoms with Gasteiger partial charge in [-0.05, 0) is 30.9 Å². The third-order valence-corrected chi connectivity index (χ3v) is 2.99. The smallest absolute Gasteiger partial charge is 0.136 e. The standard InChI is InChI=1S/C14H23N3OS/c1-10(2)5-8-18-9-7-17-14-12(13(15)19)11(3)4-6-16-14/h4,6,10H,5,7-9H2,1-3H3,(H2,15,19)(H,16,17). The van der Waals surface area contributed by atoms with E-state index < -0.39 is 0 Å². The second-order valence-corrected chi connectivity index (χ2v) is 5.38. The Bertz CT molecular complexity index is 421. The third-order valence-electron chi connectivity index (χ3n) is 2.78. The van der Waals surface area contributed by atoms with Crippen molar-refractivity contribution in [1.29, 1.82) is 0 Å². The summed E-state index contributed by atoms with van der Waals surface area (Å²) in [6.07, 6.45) is 2.83. The molecule has 4 nitrogen and oxygen atoms in total. The van der Waals surface area contributed by atoms with Crippen molar-refractivity contribution in [1.82, 2.24) is 4.98 Å². The van der Waals surface area contributed by atoms with Crippen LogP contribution in [0.15, 0.2) is 12.3 Å². The van der Waals surface area contributed by atoms with Crippen molar-refractivity contribution >= 4 is 23.0 Å². The summed E-state index contributed by atoms with van der Waals surface area (Å²) in [5.41, 5.74) is 7.57. The van der Waals surface area contributed by atoms with Gasteiger partial charge in [0.1, 0.15) is 10.8 Å². The second kappa shape index (κ2) is 8.07. The average molecular weight is 281 g/mol. The van der Waals surface area contributed by atoms with Crippen LogP contribution in [0.1, 0.15) is 31.4 Å². The summed E-state index contributed by atoms with van der Waals surface area (Å²) in [5.74, 6) is 1.41. The molecule has 0 saturated carbocycles. The predicted molar refractivity (Wildman–Crippen MR) is 83.6 cm³/mol. The van der Waals surface area contributed by atoms with Crippen LogP contribution < -0.4 is 11.1 Å². The molecule has 1 heterocycles. The Labute approximate surface area is 120 Å². The minimum Gasteiger partial charge on any atom is -0.389 e. The van der Waals surface area contributed by atoms with Gasteiger partial charge in [0.05, 0.1) is 12.2 Å². The summed E-state index contributed by atoms with van der Waals surface area (Å²) in [4.78, 5) is 4.64. The second-order valence-electron chi connectivity index (χ2n) is 4.94. The number of aryl methyl sites for hydroxylation is 1. The van der Waals surface area contributed by atoms with Crippen LogP contribution in [0, 0.1) is 12.8 Å². The van der Waals surface area contributed by atoms with Crippen LogP contribution in [0.25, 0.3) is 0 Å². The highest BCUT2D eigenvalue weighted by Crippen LogP contribution is 2.16. The molecule has 0 fully saturated rings. The van der Waals surface area contributed by atoms with Crippen molar-refractivity contribution in [3.8, 4) is 0 Å². The number of thiocarbonyl (C=S) groups is 1. The highest BCUT2D eigenvalue weighted by Gasteiger charge is 2.08. The number of ether oxygens (including phenoxy) is 1. The van der Waals surface area contributed by atoms with E-state index in [4.69, 9.17) is 22.7 Å². The zero-order chi connectivity index (χ0) is 14.3. The quantitative estimate of drug-likeness (QED) is 0.566. The number of anilines is 1. The SMILES string of the molecule is Cc1ccnc(NCCOCCC(C)C)c1C(N)=S. The average Bonchev–Trinajstić information content (AvgIpc) is 2.32. The monoisotopic (exact) mass is 281 g/mol. The maximum atomic E-state index is 5.72. The first-order chi connectivity index (χ1) is 9.02. The molecule has 0 aromatic carbocycles. The van der Waals surface area contributed by atoms with E-state index in [1.165, 1.54) is 0 Å². The summed E-state index contributed by atoms with van der Waals surface area (Å²) in [6, 6.07) is 1.90. The number of nitrogens with one attached hydrogen (secondary N) is 1. The first-order valence-corrected chi connectivity index (χ1v) is 7.00. The first-order valence-electron chi connectivity index (χ1n) is 6.59. The topological polar surface area (TPSA) is 60.2 Å². The van der Waals surface area contributed by atoms with Gasteiger partial charge in [-0.3, -0.25) is 0 Å². The number of nitrogens with zero attached hydrogens (tertiary/aromatic N) is 1. The first kappa shape index (κ1) is 15.9. The van der Waals surface area contributed by atoms with Gasteiger partial charge in [-0.15, -0.1) is 0 Å². The zero-order valence-electron chi connectivity index (χ0n) is 11.9. The number of hydrogen-bond acceptors (Lipinski definition) is 4. The van der Waals surface area contributed by atoms with Gasteiger partial charge in [-0.1, -0.05) is 26.1 Å². The van der Waals surface area contributed by atoms with Crippen LogP contribution in [-0.4, -0.2) is 29.7 Å². The molecule has 106 valence electrons. The van der Waals surface area contributed by atoms with Crippen LogP contribution in [0.2, 0.25) is 0 Å². The minimum absolute atomic E-state index is 0.369. The molecular formula is C14H23N3OS. The van der Waals surface area contributed by atoms with Crippen molar-refractivity contribution in [2.24, 2.45) is 11.7 Å². The molecule has 5 heteroatoms. The fraction of sp³-hybridized carbons (Fsp3) is 0.571. The van der Waals surface area contributed by atoms with E-state index in [0.717, 1.165) is 30.0 Å². The molecule has 1 aromatic rings. The van der Waals surface area contributed by atoms with Gasteiger partial charge in [-0.2, -0.15) is 0 Å². The lowest BCUT2D eigenvalue weighted by Gasteiger charge is -2.12. The van der Waals surface area contributed by atoms with Crippen LogP contribution >= 0.6 is 12.2 Å². The molecule has 0 bridgehead atoms. The summed E-state index contributed by atoms with van der Waals surface area (Å²) in [7, 11) is 0. The molecule has 0 atom stereocenters. The zero-order valence-corrected chi connectivity index (χ0v) is 12.7. The van der Waals surface area contributed by atoms with Crippen molar-refractivity contribution in [2.75, 3.05) is 25.1 Å². The lowest BCUT2D eigenvalue weighted by Crippen LogP contribution is -2.18. The van der Waals surface area contributed by atoms with E-state index >= 15 is 0 Å². The van der Waals surface area contributed by atoms with E-state index in [0.29, 0.717) is 24.1 Å². The summed E-state index contributed by atoms with van der Waals surface area (Å²) in [5, 5.41) is 3.22. The number of nitrogens with two attached hydrogens (primary N) is 1. The van der Waals surface area contributed by atoms with Crippen molar-refractivity contribution in [3.05, 3.63) is 23.4 Å². The Morgan fingerprint density at radius 1 is 1.47 bits per heavy atom. The number of pyridine rings is 1. The molecule has 0 spiro atoms. The van der Waals surface area contributed by atoms with Crippen molar-refractivity contribution in [2.45, 2.75) is 27.2 Å². The van der Waals surface area contributed by atoms with Gasteiger partial charge in [-0.25, -0.2) is 4.98 Å². The number of aromatic nitrogens is 1. The third kappa shape index (κ3) is 5.53. The van der Waals surface area contributed by atoms with Crippen LogP contribution in [0.5, 0.6) is 0 Å². The van der Waals surface area contributed by atoms with Gasteiger partial charge < -0.3 is 15.8 Å². The Hall–Kier alpha value is -1.20. The van der Waals surface area contributed by atoms with Crippen molar-refractivity contribution < 1.29 is 4.74 Å². The van der Waals surface area contributed by atoms with Gasteiger partial charge in [0.15, 0.2) is 0 Å². The van der Waals surface area contributed by atoms with E-state index in [1.54, 1.807) is 6.20 Å². The van der Waals surface area contributed by atoms with Crippen molar-refractivity contribution in [3.63, 3.8) is 0 Å². The Morgan fingerprint density at radius 3 is 2.84 bits per heavy atom. The highest BCUT2D eigenvalue weighted by atomic mass is 32.1. The lowest BCUT2D eigenvalue weighted by atomic mass is 10.1. The molecule has 0 unspecified atom stereocenters. The normalized spacial score (nSPS) is 10.7. The Kier molecular flexibility index (Phi) is 6.73. The van der Waals surface area contributed by atoms with Gasteiger partial charge in [0, 0.05) is 19.3 Å². The molecule has 0 aliphatic rings. The molecule has 0 radical (unpaired) electrons. The van der Waals surface area contributed by atoms with Crippen LogP contribution in [-0.2, 0) is 4.74 Å². The molecule has 0 amide bonds. The lowest BCUT2D eigenvalue weighted by molar-refractivity contribution is 0.132. The number of hydrogen-bond donors (Lipinski definition) is 2. The minimum atomic E-state index is 0.369. The fourth-order valence-corrected chi connectivity index (χ4v) is 1.92. The molecule has 19 heavy (non-hydrogen) atoms. The maximum absolute atomic E-state index is 5.72. The molecule has 0 aliphatic carbocycles. The maximum Gasteiger partial charge on any atom is 0.136 e. The van der Waals surface area contributed by atoms with E-state index in [1.807, 2.05) is 13.0 Å². The summed E-state index contributed by atoms with van der Waals surface area (Å²) in [6.45, 7) is 8.49.